The number of carbonyl (C=O) groups is 1. The van der Waals surface area contributed by atoms with Gasteiger partial charge in [-0.2, -0.15) is 0 Å². The Morgan fingerprint density at radius 3 is 2.88 bits per heavy atom. The van der Waals surface area contributed by atoms with Crippen LogP contribution in [0.1, 0.15) is 5.56 Å². The Hall–Kier alpha value is -2.38. The van der Waals surface area contributed by atoms with E-state index in [-0.39, 0.29) is 18.2 Å². The highest BCUT2D eigenvalue weighted by Gasteiger charge is 2.11. The van der Waals surface area contributed by atoms with E-state index in [9.17, 15) is 9.90 Å². The molecular formula is C17H13BrClN3O3. The number of carbonyl (C=O) groups excluding carboxylic acids is 1. The van der Waals surface area contributed by atoms with E-state index >= 15 is 0 Å². The number of nitrogens with zero attached hydrogens (tertiary/aromatic N) is 2. The van der Waals surface area contributed by atoms with Crippen molar-refractivity contribution >= 4 is 50.0 Å². The second-order valence-corrected chi connectivity index (χ2v) is 6.62. The standard InChI is InChI=1S/C17H13BrClN3O3/c1-9-2-4-13-11(6-9)16(17(24)20-13)22-21-15(23)8-25-14-5-3-10(19)7-12(14)18/h2-7,20,24H,8H2,1H3. The van der Waals surface area contributed by atoms with Crippen LogP contribution in [0.4, 0.5) is 5.69 Å². The molecule has 0 spiro atoms. The summed E-state index contributed by atoms with van der Waals surface area (Å²) in [6.45, 7) is 1.64. The van der Waals surface area contributed by atoms with Crippen LogP contribution >= 0.6 is 27.5 Å². The van der Waals surface area contributed by atoms with Crippen molar-refractivity contribution in [3.05, 3.63) is 51.5 Å². The summed E-state index contributed by atoms with van der Waals surface area (Å²) in [6, 6.07) is 10.5. The number of hydrogen-bond donors (Lipinski definition) is 2. The molecule has 0 saturated carbocycles. The third-order valence-electron chi connectivity index (χ3n) is 3.41. The number of aryl methyl sites for hydroxylation is 1. The van der Waals surface area contributed by atoms with Crippen molar-refractivity contribution in [2.45, 2.75) is 6.92 Å². The summed E-state index contributed by atoms with van der Waals surface area (Å²) in [5, 5.41) is 18.7. The summed E-state index contributed by atoms with van der Waals surface area (Å²) in [6.07, 6.45) is 0. The fourth-order valence-corrected chi connectivity index (χ4v) is 3.04. The second kappa shape index (κ2) is 7.25. The number of fused-ring (bicyclic) bond motifs is 1. The van der Waals surface area contributed by atoms with E-state index in [2.05, 4.69) is 31.1 Å². The summed E-state index contributed by atoms with van der Waals surface area (Å²) in [7, 11) is 0. The van der Waals surface area contributed by atoms with Gasteiger partial charge in [-0.15, -0.1) is 10.2 Å². The van der Waals surface area contributed by atoms with Crippen LogP contribution in [-0.2, 0) is 4.79 Å². The number of aromatic amines is 1. The van der Waals surface area contributed by atoms with Crippen LogP contribution in [0.25, 0.3) is 10.9 Å². The maximum absolute atomic E-state index is 11.9. The Bertz CT molecular complexity index is 985. The van der Waals surface area contributed by atoms with Gasteiger partial charge in [-0.1, -0.05) is 23.2 Å². The minimum Gasteiger partial charge on any atom is -0.493 e. The van der Waals surface area contributed by atoms with E-state index < -0.39 is 5.91 Å². The topological polar surface area (TPSA) is 87.0 Å². The molecule has 0 aliphatic carbocycles. The Kier molecular flexibility index (Phi) is 5.06. The van der Waals surface area contributed by atoms with E-state index in [0.717, 1.165) is 5.56 Å². The molecule has 0 atom stereocenters. The number of halogens is 2. The summed E-state index contributed by atoms with van der Waals surface area (Å²) in [4.78, 5) is 14.7. The van der Waals surface area contributed by atoms with Crippen molar-refractivity contribution < 1.29 is 14.6 Å². The van der Waals surface area contributed by atoms with Gasteiger partial charge in [0.15, 0.2) is 12.3 Å². The van der Waals surface area contributed by atoms with Gasteiger partial charge in [-0.25, -0.2) is 0 Å². The molecule has 25 heavy (non-hydrogen) atoms. The van der Waals surface area contributed by atoms with E-state index in [1.165, 1.54) is 0 Å². The number of aromatic hydroxyl groups is 1. The molecule has 0 saturated heterocycles. The molecule has 0 aliphatic rings. The number of benzene rings is 2. The quantitative estimate of drug-likeness (QED) is 0.560. The third kappa shape index (κ3) is 4.00. The van der Waals surface area contributed by atoms with Crippen molar-refractivity contribution in [2.75, 3.05) is 6.61 Å². The third-order valence-corrected chi connectivity index (χ3v) is 4.27. The van der Waals surface area contributed by atoms with E-state index in [1.54, 1.807) is 18.2 Å². The van der Waals surface area contributed by atoms with Gasteiger partial charge in [-0.05, 0) is 53.2 Å². The van der Waals surface area contributed by atoms with Crippen LogP contribution in [0.2, 0.25) is 5.02 Å². The molecule has 0 bridgehead atoms. The highest BCUT2D eigenvalue weighted by Crippen LogP contribution is 2.36. The van der Waals surface area contributed by atoms with Crippen LogP contribution in [-0.4, -0.2) is 22.6 Å². The number of azo groups is 1. The highest BCUT2D eigenvalue weighted by molar-refractivity contribution is 9.10. The first-order valence-corrected chi connectivity index (χ1v) is 8.45. The molecule has 2 aromatic carbocycles. The maximum Gasteiger partial charge on any atom is 0.302 e. The lowest BCUT2D eigenvalue weighted by Crippen LogP contribution is -2.08. The summed E-state index contributed by atoms with van der Waals surface area (Å²) in [5.41, 5.74) is 1.94. The number of H-pyrrole nitrogens is 1. The van der Waals surface area contributed by atoms with Gasteiger partial charge in [0.2, 0.25) is 5.88 Å². The predicted molar refractivity (Wildman–Crippen MR) is 98.9 cm³/mol. The molecule has 2 N–H and O–H groups in total. The molecule has 0 fully saturated rings. The minimum absolute atomic E-state index is 0.140. The van der Waals surface area contributed by atoms with Crippen LogP contribution in [0.5, 0.6) is 11.6 Å². The minimum atomic E-state index is -0.580. The van der Waals surface area contributed by atoms with Crippen molar-refractivity contribution in [1.82, 2.24) is 4.98 Å². The fourth-order valence-electron chi connectivity index (χ4n) is 2.24. The second-order valence-electron chi connectivity index (χ2n) is 5.33. The van der Waals surface area contributed by atoms with Crippen LogP contribution in [0, 0.1) is 6.92 Å². The number of rotatable bonds is 4. The lowest BCUT2D eigenvalue weighted by Gasteiger charge is -2.05. The Morgan fingerprint density at radius 1 is 1.32 bits per heavy atom. The largest absolute Gasteiger partial charge is 0.493 e. The normalized spacial score (nSPS) is 11.3. The van der Waals surface area contributed by atoms with Gasteiger partial charge in [0.1, 0.15) is 5.75 Å². The molecule has 3 rings (SSSR count). The van der Waals surface area contributed by atoms with Gasteiger partial charge in [0.05, 0.1) is 9.99 Å². The highest BCUT2D eigenvalue weighted by atomic mass is 79.9. The van der Waals surface area contributed by atoms with Crippen molar-refractivity contribution in [3.8, 4) is 11.6 Å². The zero-order chi connectivity index (χ0) is 18.0. The first-order valence-electron chi connectivity index (χ1n) is 7.28. The molecule has 1 amide bonds. The molecule has 1 heterocycles. The molecule has 8 heteroatoms. The number of hydrogen-bond acceptors (Lipinski definition) is 4. The maximum atomic E-state index is 11.9. The molecule has 0 aliphatic heterocycles. The number of ether oxygens (including phenoxy) is 1. The SMILES string of the molecule is Cc1ccc2[nH]c(O)c(N=NC(=O)COc3ccc(Cl)cc3Br)c2c1. The van der Waals surface area contributed by atoms with Crippen LogP contribution in [0.15, 0.2) is 51.1 Å². The predicted octanol–water partition coefficient (Wildman–Crippen LogP) is 5.29. The molecule has 0 unspecified atom stereocenters. The van der Waals surface area contributed by atoms with Gasteiger partial charge < -0.3 is 14.8 Å². The number of nitrogens with one attached hydrogen (secondary N) is 1. The van der Waals surface area contributed by atoms with E-state index in [0.29, 0.717) is 26.1 Å². The van der Waals surface area contributed by atoms with E-state index in [1.807, 2.05) is 25.1 Å². The Balaban J connectivity index is 1.72. The smallest absolute Gasteiger partial charge is 0.302 e. The first-order chi connectivity index (χ1) is 11.9. The molecule has 0 radical (unpaired) electrons. The lowest BCUT2D eigenvalue weighted by atomic mass is 10.2. The average molecular weight is 423 g/mol. The van der Waals surface area contributed by atoms with Crippen molar-refractivity contribution in [2.24, 2.45) is 10.2 Å². The van der Waals surface area contributed by atoms with Gasteiger partial charge in [0.25, 0.3) is 0 Å². The molecule has 6 nitrogen and oxygen atoms in total. The fraction of sp³-hybridized carbons (Fsp3) is 0.118. The average Bonchev–Trinajstić information content (AvgIpc) is 2.87. The summed E-state index contributed by atoms with van der Waals surface area (Å²) in [5.74, 6) is -0.250. The zero-order valence-electron chi connectivity index (χ0n) is 13.1. The molecule has 128 valence electrons. The van der Waals surface area contributed by atoms with Crippen LogP contribution in [0.3, 0.4) is 0 Å². The zero-order valence-corrected chi connectivity index (χ0v) is 15.4. The Morgan fingerprint density at radius 2 is 2.12 bits per heavy atom. The molecular weight excluding hydrogens is 410 g/mol. The van der Waals surface area contributed by atoms with Gasteiger partial charge >= 0.3 is 5.91 Å². The van der Waals surface area contributed by atoms with Gasteiger partial charge in [0, 0.05) is 10.4 Å². The molecule has 3 aromatic rings. The van der Waals surface area contributed by atoms with Crippen molar-refractivity contribution in [3.63, 3.8) is 0 Å². The number of amides is 1. The van der Waals surface area contributed by atoms with Crippen molar-refractivity contribution in [1.29, 1.82) is 0 Å². The molecule has 1 aromatic heterocycles. The monoisotopic (exact) mass is 421 g/mol. The summed E-state index contributed by atoms with van der Waals surface area (Å²) < 4.78 is 6.01. The first kappa shape index (κ1) is 17.4. The Labute approximate surface area is 156 Å². The lowest BCUT2D eigenvalue weighted by molar-refractivity contribution is -0.120. The summed E-state index contributed by atoms with van der Waals surface area (Å²) >= 11 is 9.15. The number of aromatic nitrogens is 1. The van der Waals surface area contributed by atoms with Crippen LogP contribution < -0.4 is 4.74 Å². The van der Waals surface area contributed by atoms with E-state index in [4.69, 9.17) is 16.3 Å². The van der Waals surface area contributed by atoms with Gasteiger partial charge in [-0.3, -0.25) is 4.79 Å².